The van der Waals surface area contributed by atoms with E-state index in [1.54, 1.807) is 0 Å². The fourth-order valence-corrected chi connectivity index (χ4v) is 2.12. The molecule has 116 valence electrons. The Bertz CT molecular complexity index is 540. The molecule has 0 spiro atoms. The van der Waals surface area contributed by atoms with Crippen LogP contribution in [-0.4, -0.2) is 35.6 Å². The molecule has 1 saturated carbocycles. The van der Waals surface area contributed by atoms with Crippen molar-refractivity contribution in [3.63, 3.8) is 0 Å². The summed E-state index contributed by atoms with van der Waals surface area (Å²) in [5.41, 5.74) is -2.11. The number of likely N-dealkylation sites (N-methyl/N-ethyl adjacent to an activating group) is 1. The Labute approximate surface area is 119 Å². The van der Waals surface area contributed by atoms with E-state index < -0.39 is 35.1 Å². The number of halogens is 4. The summed E-state index contributed by atoms with van der Waals surface area (Å²) in [6, 6.07) is 2.59. The van der Waals surface area contributed by atoms with E-state index in [1.807, 2.05) is 0 Å². The number of nitrogens with zero attached hydrogens (tertiary/aromatic N) is 1. The third kappa shape index (κ3) is 3.53. The van der Waals surface area contributed by atoms with Crippen LogP contribution in [0.15, 0.2) is 18.2 Å². The van der Waals surface area contributed by atoms with E-state index in [9.17, 15) is 27.5 Å². The maximum Gasteiger partial charge on any atom is 0.419 e. The summed E-state index contributed by atoms with van der Waals surface area (Å²) >= 11 is 0. The van der Waals surface area contributed by atoms with Crippen molar-refractivity contribution in [3.05, 3.63) is 35.1 Å². The number of carbonyl (C=O) groups is 1. The largest absolute Gasteiger partial charge is 0.419 e. The molecule has 21 heavy (non-hydrogen) atoms. The Morgan fingerprint density at radius 2 is 2.05 bits per heavy atom. The van der Waals surface area contributed by atoms with Crippen LogP contribution in [0, 0.1) is 11.7 Å². The standard InChI is InChI=1S/C14H15F4NO2/c1-19(7-11(20)8-5-6-8)13(21)9-3-2-4-10(12(9)15)14(16,17)18/h2-4,8,11,20H,5-7H2,1H3. The lowest BCUT2D eigenvalue weighted by atomic mass is 10.1. The van der Waals surface area contributed by atoms with Crippen molar-refractivity contribution in [2.24, 2.45) is 5.92 Å². The minimum Gasteiger partial charge on any atom is -0.391 e. The molecule has 1 unspecified atom stereocenters. The van der Waals surface area contributed by atoms with Gasteiger partial charge in [0.1, 0.15) is 5.82 Å². The lowest BCUT2D eigenvalue weighted by Crippen LogP contribution is -2.35. The molecule has 0 aromatic heterocycles. The Morgan fingerprint density at radius 3 is 2.57 bits per heavy atom. The number of aliphatic hydroxyl groups is 1. The third-order valence-corrected chi connectivity index (χ3v) is 3.51. The van der Waals surface area contributed by atoms with Gasteiger partial charge in [-0.15, -0.1) is 0 Å². The van der Waals surface area contributed by atoms with E-state index >= 15 is 0 Å². The fourth-order valence-electron chi connectivity index (χ4n) is 2.12. The molecule has 1 aromatic rings. The van der Waals surface area contributed by atoms with Crippen LogP contribution in [0.1, 0.15) is 28.8 Å². The second-order valence-electron chi connectivity index (χ2n) is 5.26. The van der Waals surface area contributed by atoms with Crippen molar-refractivity contribution in [1.29, 1.82) is 0 Å². The lowest BCUT2D eigenvalue weighted by Gasteiger charge is -2.21. The topological polar surface area (TPSA) is 40.5 Å². The first-order valence-electron chi connectivity index (χ1n) is 6.51. The van der Waals surface area contributed by atoms with Gasteiger partial charge in [0.15, 0.2) is 0 Å². The zero-order valence-electron chi connectivity index (χ0n) is 11.3. The summed E-state index contributed by atoms with van der Waals surface area (Å²) < 4.78 is 51.7. The number of rotatable bonds is 4. The number of aliphatic hydroxyl groups excluding tert-OH is 1. The van der Waals surface area contributed by atoms with Gasteiger partial charge in [0.2, 0.25) is 0 Å². The average Bonchev–Trinajstić information content (AvgIpc) is 3.20. The molecule has 0 aliphatic heterocycles. The van der Waals surface area contributed by atoms with Gasteiger partial charge in [0, 0.05) is 13.6 Å². The predicted molar refractivity (Wildman–Crippen MR) is 67.1 cm³/mol. The number of hydrogen-bond acceptors (Lipinski definition) is 2. The Hall–Kier alpha value is -1.63. The quantitative estimate of drug-likeness (QED) is 0.869. The molecule has 1 aliphatic rings. The van der Waals surface area contributed by atoms with Crippen LogP contribution >= 0.6 is 0 Å². The molecule has 1 amide bonds. The summed E-state index contributed by atoms with van der Waals surface area (Å²) in [7, 11) is 1.33. The van der Waals surface area contributed by atoms with E-state index in [4.69, 9.17) is 0 Å². The molecule has 1 aliphatic carbocycles. The monoisotopic (exact) mass is 305 g/mol. The number of alkyl halides is 3. The average molecular weight is 305 g/mol. The number of hydrogen-bond donors (Lipinski definition) is 1. The molecule has 0 bridgehead atoms. The Balaban J connectivity index is 2.18. The predicted octanol–water partition coefficient (Wildman–Crippen LogP) is 2.69. The summed E-state index contributed by atoms with van der Waals surface area (Å²) in [4.78, 5) is 13.1. The fraction of sp³-hybridized carbons (Fsp3) is 0.500. The first-order valence-corrected chi connectivity index (χ1v) is 6.51. The summed E-state index contributed by atoms with van der Waals surface area (Å²) in [5.74, 6) is -2.34. The second kappa shape index (κ2) is 5.63. The molecule has 7 heteroatoms. The van der Waals surface area contributed by atoms with Gasteiger partial charge in [-0.1, -0.05) is 6.07 Å². The van der Waals surface area contributed by atoms with E-state index in [0.29, 0.717) is 6.07 Å². The van der Waals surface area contributed by atoms with Gasteiger partial charge >= 0.3 is 6.18 Å². The van der Waals surface area contributed by atoms with Gasteiger partial charge in [-0.25, -0.2) is 4.39 Å². The van der Waals surface area contributed by atoms with Crippen molar-refractivity contribution in [3.8, 4) is 0 Å². The molecule has 1 fully saturated rings. The lowest BCUT2D eigenvalue weighted by molar-refractivity contribution is -0.140. The highest BCUT2D eigenvalue weighted by Gasteiger charge is 2.36. The van der Waals surface area contributed by atoms with Crippen LogP contribution in [0.4, 0.5) is 17.6 Å². The van der Waals surface area contributed by atoms with E-state index in [1.165, 1.54) is 7.05 Å². The number of carbonyl (C=O) groups excluding carboxylic acids is 1. The third-order valence-electron chi connectivity index (χ3n) is 3.51. The highest BCUT2D eigenvalue weighted by Crippen LogP contribution is 2.34. The summed E-state index contributed by atoms with van der Waals surface area (Å²) in [6.45, 7) is -0.0286. The van der Waals surface area contributed by atoms with E-state index in [-0.39, 0.29) is 12.5 Å². The number of benzene rings is 1. The van der Waals surface area contributed by atoms with Crippen LogP contribution in [-0.2, 0) is 6.18 Å². The minimum atomic E-state index is -4.85. The molecule has 0 heterocycles. The maximum atomic E-state index is 13.9. The minimum absolute atomic E-state index is 0.0286. The molecule has 2 rings (SSSR count). The zero-order valence-corrected chi connectivity index (χ0v) is 11.3. The molecule has 1 N–H and O–H groups in total. The molecule has 0 radical (unpaired) electrons. The zero-order chi connectivity index (χ0) is 15.8. The van der Waals surface area contributed by atoms with Gasteiger partial charge in [-0.2, -0.15) is 13.2 Å². The van der Waals surface area contributed by atoms with Crippen molar-refractivity contribution in [2.45, 2.75) is 25.1 Å². The van der Waals surface area contributed by atoms with Crippen LogP contribution in [0.5, 0.6) is 0 Å². The van der Waals surface area contributed by atoms with Crippen molar-refractivity contribution < 1.29 is 27.5 Å². The Kier molecular flexibility index (Phi) is 4.22. The first-order chi connectivity index (χ1) is 9.71. The highest BCUT2D eigenvalue weighted by molar-refractivity contribution is 5.94. The number of amides is 1. The molecule has 1 atom stereocenters. The molecular formula is C14H15F4NO2. The molecule has 3 nitrogen and oxygen atoms in total. The molecule has 0 saturated heterocycles. The van der Waals surface area contributed by atoms with Crippen molar-refractivity contribution >= 4 is 5.91 Å². The van der Waals surface area contributed by atoms with Crippen LogP contribution in [0.2, 0.25) is 0 Å². The van der Waals surface area contributed by atoms with Gasteiger partial charge in [0.25, 0.3) is 5.91 Å². The molecular weight excluding hydrogens is 290 g/mol. The first kappa shape index (κ1) is 15.8. The van der Waals surface area contributed by atoms with E-state index in [2.05, 4.69) is 0 Å². The van der Waals surface area contributed by atoms with E-state index in [0.717, 1.165) is 29.9 Å². The maximum absolute atomic E-state index is 13.9. The van der Waals surface area contributed by atoms with Crippen LogP contribution < -0.4 is 0 Å². The van der Waals surface area contributed by atoms with Crippen LogP contribution in [0.25, 0.3) is 0 Å². The van der Waals surface area contributed by atoms with Gasteiger partial charge < -0.3 is 10.0 Å². The normalized spacial score (nSPS) is 16.7. The van der Waals surface area contributed by atoms with Crippen LogP contribution in [0.3, 0.4) is 0 Å². The Morgan fingerprint density at radius 1 is 1.43 bits per heavy atom. The van der Waals surface area contributed by atoms with Crippen molar-refractivity contribution in [2.75, 3.05) is 13.6 Å². The molecule has 1 aromatic carbocycles. The highest BCUT2D eigenvalue weighted by atomic mass is 19.4. The summed E-state index contributed by atoms with van der Waals surface area (Å²) in [5, 5.41) is 9.74. The van der Waals surface area contributed by atoms with Gasteiger partial charge in [-0.3, -0.25) is 4.79 Å². The van der Waals surface area contributed by atoms with Gasteiger partial charge in [-0.05, 0) is 30.9 Å². The van der Waals surface area contributed by atoms with Gasteiger partial charge in [0.05, 0.1) is 17.2 Å². The summed E-state index contributed by atoms with van der Waals surface area (Å²) in [6.07, 6.45) is -3.86. The SMILES string of the molecule is CN(CC(O)C1CC1)C(=O)c1cccc(C(F)(F)F)c1F. The van der Waals surface area contributed by atoms with Crippen molar-refractivity contribution in [1.82, 2.24) is 4.90 Å². The smallest absolute Gasteiger partial charge is 0.391 e. The second-order valence-corrected chi connectivity index (χ2v) is 5.26.